The van der Waals surface area contributed by atoms with Crippen LogP contribution in [0.3, 0.4) is 0 Å². The Labute approximate surface area is 120 Å². The Hall–Kier alpha value is -1.26. The highest BCUT2D eigenvalue weighted by Crippen LogP contribution is 2.30. The van der Waals surface area contributed by atoms with Gasteiger partial charge in [0.25, 0.3) is 0 Å². The van der Waals surface area contributed by atoms with Crippen LogP contribution in [0.2, 0.25) is 0 Å². The molecule has 0 aromatic rings. The summed E-state index contributed by atoms with van der Waals surface area (Å²) >= 11 is 0. The van der Waals surface area contributed by atoms with Gasteiger partial charge in [-0.2, -0.15) is 0 Å². The number of amides is 2. The Morgan fingerprint density at radius 1 is 1.30 bits per heavy atom. The van der Waals surface area contributed by atoms with E-state index in [2.05, 4.69) is 12.2 Å². The highest BCUT2D eigenvalue weighted by Gasteiger charge is 2.39. The van der Waals surface area contributed by atoms with E-state index >= 15 is 0 Å². The van der Waals surface area contributed by atoms with Crippen LogP contribution in [0, 0.1) is 11.3 Å². The maximum atomic E-state index is 12.3. The third-order valence-corrected chi connectivity index (χ3v) is 4.96. The molecule has 2 amide bonds. The molecule has 20 heavy (non-hydrogen) atoms. The molecule has 0 radical (unpaired) electrons. The fraction of sp³-hybridized carbons (Fsp3) is 0.867. The standard InChI is InChI=1S/C15H26N2O3/c1-11(12-6-3-4-7-12)16-14(20)17-9-5-8-15(2,10-17)13(18)19/h11-12H,3-10H2,1-2H3,(H,16,20)(H,18,19). The van der Waals surface area contributed by atoms with E-state index in [1.165, 1.54) is 25.7 Å². The van der Waals surface area contributed by atoms with Gasteiger partial charge in [0.1, 0.15) is 0 Å². The average molecular weight is 282 g/mol. The smallest absolute Gasteiger partial charge is 0.317 e. The minimum atomic E-state index is -0.807. The molecule has 0 spiro atoms. The lowest BCUT2D eigenvalue weighted by Gasteiger charge is -2.38. The van der Waals surface area contributed by atoms with Gasteiger partial charge < -0.3 is 15.3 Å². The molecular formula is C15H26N2O3. The fourth-order valence-electron chi connectivity index (χ4n) is 3.45. The average Bonchev–Trinajstić information content (AvgIpc) is 2.92. The van der Waals surface area contributed by atoms with Crippen LogP contribution < -0.4 is 5.32 Å². The molecule has 0 bridgehead atoms. The highest BCUT2D eigenvalue weighted by molar-refractivity contribution is 5.78. The summed E-state index contributed by atoms with van der Waals surface area (Å²) in [7, 11) is 0. The van der Waals surface area contributed by atoms with Crippen molar-refractivity contribution in [2.75, 3.05) is 13.1 Å². The van der Waals surface area contributed by atoms with E-state index in [4.69, 9.17) is 0 Å². The van der Waals surface area contributed by atoms with Crippen molar-refractivity contribution < 1.29 is 14.7 Å². The molecule has 5 nitrogen and oxygen atoms in total. The predicted octanol–water partition coefficient (Wildman–Crippen LogP) is 2.46. The zero-order chi connectivity index (χ0) is 14.8. The van der Waals surface area contributed by atoms with Gasteiger partial charge in [-0.1, -0.05) is 12.8 Å². The van der Waals surface area contributed by atoms with Crippen molar-refractivity contribution in [2.24, 2.45) is 11.3 Å². The summed E-state index contributed by atoms with van der Waals surface area (Å²) in [5, 5.41) is 12.4. The lowest BCUT2D eigenvalue weighted by atomic mass is 9.82. The molecule has 1 saturated heterocycles. The van der Waals surface area contributed by atoms with Crippen LogP contribution in [0.25, 0.3) is 0 Å². The van der Waals surface area contributed by atoms with Crippen molar-refractivity contribution in [3.8, 4) is 0 Å². The van der Waals surface area contributed by atoms with Crippen LogP contribution in [0.15, 0.2) is 0 Å². The number of carbonyl (C=O) groups is 2. The molecule has 114 valence electrons. The van der Waals surface area contributed by atoms with E-state index in [0.29, 0.717) is 25.4 Å². The molecular weight excluding hydrogens is 256 g/mol. The number of carbonyl (C=O) groups excluding carboxylic acids is 1. The largest absolute Gasteiger partial charge is 0.481 e. The van der Waals surface area contributed by atoms with Gasteiger partial charge in [-0.25, -0.2) is 4.79 Å². The number of rotatable bonds is 3. The van der Waals surface area contributed by atoms with E-state index in [1.807, 2.05) is 0 Å². The van der Waals surface area contributed by atoms with Crippen molar-refractivity contribution >= 4 is 12.0 Å². The molecule has 2 rings (SSSR count). The zero-order valence-corrected chi connectivity index (χ0v) is 12.5. The molecule has 0 aromatic heterocycles. The van der Waals surface area contributed by atoms with Gasteiger partial charge in [0.15, 0.2) is 0 Å². The number of hydrogen-bond acceptors (Lipinski definition) is 2. The summed E-state index contributed by atoms with van der Waals surface area (Å²) in [5.41, 5.74) is -0.799. The number of carboxylic acids is 1. The minimum Gasteiger partial charge on any atom is -0.481 e. The van der Waals surface area contributed by atoms with Gasteiger partial charge in [-0.3, -0.25) is 4.79 Å². The zero-order valence-electron chi connectivity index (χ0n) is 12.5. The molecule has 1 saturated carbocycles. The molecule has 2 N–H and O–H groups in total. The van der Waals surface area contributed by atoms with Crippen molar-refractivity contribution in [3.63, 3.8) is 0 Å². The molecule has 1 heterocycles. The molecule has 2 fully saturated rings. The topological polar surface area (TPSA) is 69.6 Å². The first-order valence-corrected chi connectivity index (χ1v) is 7.71. The van der Waals surface area contributed by atoms with Gasteiger partial charge in [-0.05, 0) is 45.4 Å². The number of aliphatic carboxylic acids is 1. The van der Waals surface area contributed by atoms with Gasteiger partial charge in [0.2, 0.25) is 0 Å². The van der Waals surface area contributed by atoms with Gasteiger partial charge in [0, 0.05) is 19.1 Å². The van der Waals surface area contributed by atoms with Gasteiger partial charge >= 0.3 is 12.0 Å². The predicted molar refractivity (Wildman–Crippen MR) is 76.5 cm³/mol. The van der Waals surface area contributed by atoms with Crippen molar-refractivity contribution in [1.29, 1.82) is 0 Å². The lowest BCUT2D eigenvalue weighted by Crippen LogP contribution is -2.53. The number of nitrogens with zero attached hydrogens (tertiary/aromatic N) is 1. The number of urea groups is 1. The van der Waals surface area contributed by atoms with E-state index in [-0.39, 0.29) is 12.1 Å². The van der Waals surface area contributed by atoms with Crippen LogP contribution in [-0.2, 0) is 4.79 Å². The van der Waals surface area contributed by atoms with Crippen molar-refractivity contribution in [2.45, 2.75) is 58.4 Å². The molecule has 5 heteroatoms. The monoisotopic (exact) mass is 282 g/mol. The minimum absolute atomic E-state index is 0.100. The fourth-order valence-corrected chi connectivity index (χ4v) is 3.45. The second-order valence-electron chi connectivity index (χ2n) is 6.67. The molecule has 2 aliphatic rings. The number of carboxylic acid groups (broad SMARTS) is 1. The van der Waals surface area contributed by atoms with Crippen LogP contribution in [0.5, 0.6) is 0 Å². The Bertz CT molecular complexity index is 379. The maximum Gasteiger partial charge on any atom is 0.317 e. The Morgan fingerprint density at radius 3 is 2.55 bits per heavy atom. The second-order valence-corrected chi connectivity index (χ2v) is 6.67. The number of hydrogen-bond donors (Lipinski definition) is 2. The van der Waals surface area contributed by atoms with E-state index in [0.717, 1.165) is 6.42 Å². The summed E-state index contributed by atoms with van der Waals surface area (Å²) in [6.07, 6.45) is 6.29. The first-order valence-electron chi connectivity index (χ1n) is 7.71. The summed E-state index contributed by atoms with van der Waals surface area (Å²) < 4.78 is 0. The summed E-state index contributed by atoms with van der Waals surface area (Å²) in [5.74, 6) is -0.228. The van der Waals surface area contributed by atoms with Crippen LogP contribution in [-0.4, -0.2) is 41.1 Å². The molecule has 1 aliphatic carbocycles. The van der Waals surface area contributed by atoms with Crippen LogP contribution >= 0.6 is 0 Å². The van der Waals surface area contributed by atoms with Gasteiger partial charge in [0.05, 0.1) is 5.41 Å². The summed E-state index contributed by atoms with van der Waals surface area (Å²) in [4.78, 5) is 25.3. The van der Waals surface area contributed by atoms with Crippen LogP contribution in [0.1, 0.15) is 52.4 Å². The Balaban J connectivity index is 1.90. The number of nitrogens with one attached hydrogen (secondary N) is 1. The quantitative estimate of drug-likeness (QED) is 0.835. The van der Waals surface area contributed by atoms with E-state index < -0.39 is 11.4 Å². The Kier molecular flexibility index (Phi) is 4.55. The summed E-state index contributed by atoms with van der Waals surface area (Å²) in [6.45, 7) is 4.76. The van der Waals surface area contributed by atoms with Crippen molar-refractivity contribution in [3.05, 3.63) is 0 Å². The molecule has 0 aromatic carbocycles. The maximum absolute atomic E-state index is 12.3. The van der Waals surface area contributed by atoms with Crippen LogP contribution in [0.4, 0.5) is 4.79 Å². The normalized spacial score (nSPS) is 29.2. The lowest BCUT2D eigenvalue weighted by molar-refractivity contribution is -0.150. The third kappa shape index (κ3) is 3.25. The SMILES string of the molecule is CC(NC(=O)N1CCCC(C)(C(=O)O)C1)C1CCCC1. The first kappa shape index (κ1) is 15.1. The van der Waals surface area contributed by atoms with Gasteiger partial charge in [-0.15, -0.1) is 0 Å². The Morgan fingerprint density at radius 2 is 1.95 bits per heavy atom. The second kappa shape index (κ2) is 6.02. The van der Waals surface area contributed by atoms with E-state index in [9.17, 15) is 14.7 Å². The van der Waals surface area contributed by atoms with Crippen molar-refractivity contribution in [1.82, 2.24) is 10.2 Å². The summed E-state index contributed by atoms with van der Waals surface area (Å²) in [6, 6.07) is 0.0829. The van der Waals surface area contributed by atoms with E-state index in [1.54, 1.807) is 11.8 Å². The molecule has 1 aliphatic heterocycles. The third-order valence-electron chi connectivity index (χ3n) is 4.96. The number of piperidine rings is 1. The number of likely N-dealkylation sites (tertiary alicyclic amines) is 1. The first-order chi connectivity index (χ1) is 9.42. The molecule has 2 atom stereocenters. The molecule has 2 unspecified atom stereocenters. The highest BCUT2D eigenvalue weighted by atomic mass is 16.4.